The highest BCUT2D eigenvalue weighted by Gasteiger charge is 2.47. The molecule has 1 saturated heterocycles. The normalized spacial score (nSPS) is 26.2. The van der Waals surface area contributed by atoms with E-state index in [1.165, 1.54) is 0 Å². The maximum atomic E-state index is 13.0. The van der Waals surface area contributed by atoms with Gasteiger partial charge in [-0.1, -0.05) is 19.8 Å². The lowest BCUT2D eigenvalue weighted by Crippen LogP contribution is -2.57. The van der Waals surface area contributed by atoms with E-state index in [0.29, 0.717) is 13.1 Å². The molecule has 0 aromatic carbocycles. The number of hydrogen-bond acceptors (Lipinski definition) is 5. The van der Waals surface area contributed by atoms with Crippen molar-refractivity contribution in [2.75, 3.05) is 24.6 Å². The molecule has 0 bridgehead atoms. The second-order valence-electron chi connectivity index (χ2n) is 6.20. The van der Waals surface area contributed by atoms with Crippen LogP contribution in [0.4, 0.5) is 0 Å². The van der Waals surface area contributed by atoms with Gasteiger partial charge in [-0.05, 0) is 25.7 Å². The molecule has 8 heteroatoms. The second-order valence-corrected chi connectivity index (χ2v) is 10.6. The highest BCUT2D eigenvalue weighted by Crippen LogP contribution is 2.38. The van der Waals surface area contributed by atoms with E-state index in [1.54, 1.807) is 4.31 Å². The molecule has 2 aliphatic rings. The predicted molar refractivity (Wildman–Crippen MR) is 83.2 cm³/mol. The monoisotopic (exact) mass is 338 g/mol. The summed E-state index contributed by atoms with van der Waals surface area (Å²) in [5.74, 6) is -0.0475. The van der Waals surface area contributed by atoms with Gasteiger partial charge in [0.25, 0.3) is 0 Å². The topological polar surface area (TPSA) is 97.5 Å². The standard InChI is InChI=1S/C13H26N2O4S2/c1-2-15(13(11-14)7-3-4-8-13)21(18,19)12-5-9-20(16,17)10-6-12/h12H,2-11,14H2,1H3. The highest BCUT2D eigenvalue weighted by molar-refractivity contribution is 7.92. The van der Waals surface area contributed by atoms with Crippen LogP contribution in [0, 0.1) is 0 Å². The van der Waals surface area contributed by atoms with Gasteiger partial charge in [-0.3, -0.25) is 0 Å². The van der Waals surface area contributed by atoms with E-state index < -0.39 is 30.6 Å². The minimum atomic E-state index is -3.49. The largest absolute Gasteiger partial charge is 0.329 e. The zero-order chi connectivity index (χ0) is 15.7. The van der Waals surface area contributed by atoms with Crippen molar-refractivity contribution in [3.8, 4) is 0 Å². The van der Waals surface area contributed by atoms with Crippen molar-refractivity contribution in [3.63, 3.8) is 0 Å². The van der Waals surface area contributed by atoms with Crippen LogP contribution in [0.25, 0.3) is 0 Å². The number of sulfonamides is 1. The van der Waals surface area contributed by atoms with Crippen molar-refractivity contribution in [2.24, 2.45) is 5.73 Å². The van der Waals surface area contributed by atoms with Crippen molar-refractivity contribution in [1.29, 1.82) is 0 Å². The van der Waals surface area contributed by atoms with Gasteiger partial charge in [-0.25, -0.2) is 16.8 Å². The first-order chi connectivity index (χ1) is 9.77. The van der Waals surface area contributed by atoms with Crippen molar-refractivity contribution < 1.29 is 16.8 Å². The van der Waals surface area contributed by atoms with Gasteiger partial charge in [0.2, 0.25) is 10.0 Å². The molecule has 2 fully saturated rings. The quantitative estimate of drug-likeness (QED) is 0.786. The molecular formula is C13H26N2O4S2. The molecule has 6 nitrogen and oxygen atoms in total. The number of rotatable bonds is 5. The zero-order valence-corrected chi connectivity index (χ0v) is 14.3. The SMILES string of the molecule is CCN(C1(CN)CCCC1)S(=O)(=O)C1CCS(=O)(=O)CC1. The second kappa shape index (κ2) is 6.14. The van der Waals surface area contributed by atoms with Crippen LogP contribution in [-0.2, 0) is 19.9 Å². The van der Waals surface area contributed by atoms with Crippen molar-refractivity contribution >= 4 is 19.9 Å². The Hall–Kier alpha value is -0.180. The molecule has 0 spiro atoms. The van der Waals surface area contributed by atoms with Gasteiger partial charge < -0.3 is 5.73 Å². The molecule has 0 radical (unpaired) electrons. The smallest absolute Gasteiger partial charge is 0.217 e. The number of hydrogen-bond donors (Lipinski definition) is 1. The summed E-state index contributed by atoms with van der Waals surface area (Å²) in [6, 6.07) is 0. The molecule has 1 aliphatic heterocycles. The average Bonchev–Trinajstić information content (AvgIpc) is 2.88. The Morgan fingerprint density at radius 3 is 2.14 bits per heavy atom. The van der Waals surface area contributed by atoms with Crippen LogP contribution in [0.1, 0.15) is 45.4 Å². The lowest BCUT2D eigenvalue weighted by atomic mass is 9.98. The summed E-state index contributed by atoms with van der Waals surface area (Å²) >= 11 is 0. The number of likely N-dealkylation sites (N-methyl/N-ethyl adjacent to an activating group) is 1. The fraction of sp³-hybridized carbons (Fsp3) is 1.00. The van der Waals surface area contributed by atoms with Gasteiger partial charge >= 0.3 is 0 Å². The Bertz CT molecular complexity index is 551. The van der Waals surface area contributed by atoms with Crippen LogP contribution in [0.15, 0.2) is 0 Å². The van der Waals surface area contributed by atoms with Crippen LogP contribution in [0.5, 0.6) is 0 Å². The summed E-state index contributed by atoms with van der Waals surface area (Å²) in [6.45, 7) is 2.58. The fourth-order valence-corrected chi connectivity index (χ4v) is 7.86. The van der Waals surface area contributed by atoms with Crippen molar-refractivity contribution in [1.82, 2.24) is 4.31 Å². The molecule has 21 heavy (non-hydrogen) atoms. The van der Waals surface area contributed by atoms with E-state index in [4.69, 9.17) is 5.73 Å². The van der Waals surface area contributed by atoms with Crippen molar-refractivity contribution in [2.45, 2.75) is 56.2 Å². The van der Waals surface area contributed by atoms with E-state index in [9.17, 15) is 16.8 Å². The Kier molecular flexibility index (Phi) is 5.02. The molecule has 1 heterocycles. The average molecular weight is 338 g/mol. The number of nitrogens with two attached hydrogens (primary N) is 1. The molecule has 2 N–H and O–H groups in total. The third-order valence-corrected chi connectivity index (χ3v) is 9.25. The van der Waals surface area contributed by atoms with E-state index in [2.05, 4.69) is 0 Å². The van der Waals surface area contributed by atoms with Crippen LogP contribution in [-0.4, -0.2) is 56.5 Å². The Labute approximate surface area is 128 Å². The minimum absolute atomic E-state index is 0.0237. The molecule has 0 unspecified atom stereocenters. The van der Waals surface area contributed by atoms with E-state index >= 15 is 0 Å². The third kappa shape index (κ3) is 3.28. The summed E-state index contributed by atoms with van der Waals surface area (Å²) < 4.78 is 50.5. The van der Waals surface area contributed by atoms with E-state index in [0.717, 1.165) is 25.7 Å². The van der Waals surface area contributed by atoms with Crippen LogP contribution in [0.2, 0.25) is 0 Å². The summed E-state index contributed by atoms with van der Waals surface area (Å²) in [6.07, 6.45) is 4.04. The summed E-state index contributed by atoms with van der Waals surface area (Å²) in [5.41, 5.74) is 5.46. The maximum absolute atomic E-state index is 13.0. The molecule has 1 aliphatic carbocycles. The van der Waals surface area contributed by atoms with Gasteiger partial charge in [-0.2, -0.15) is 4.31 Å². The first-order valence-corrected chi connectivity index (χ1v) is 11.0. The van der Waals surface area contributed by atoms with Gasteiger partial charge in [0, 0.05) is 18.6 Å². The van der Waals surface area contributed by atoms with Gasteiger partial charge in [0.05, 0.1) is 16.8 Å². The van der Waals surface area contributed by atoms with Crippen LogP contribution < -0.4 is 5.73 Å². The van der Waals surface area contributed by atoms with E-state index in [-0.39, 0.29) is 24.3 Å². The molecule has 0 atom stereocenters. The number of sulfone groups is 1. The fourth-order valence-electron chi connectivity index (χ4n) is 3.72. The molecule has 0 amide bonds. The van der Waals surface area contributed by atoms with E-state index in [1.807, 2.05) is 6.92 Å². The molecule has 0 aromatic heterocycles. The summed E-state index contributed by atoms with van der Waals surface area (Å²) in [5, 5.41) is -0.579. The van der Waals surface area contributed by atoms with Crippen LogP contribution >= 0.6 is 0 Å². The van der Waals surface area contributed by atoms with Gasteiger partial charge in [-0.15, -0.1) is 0 Å². The predicted octanol–water partition coefficient (Wildman–Crippen LogP) is 0.487. The van der Waals surface area contributed by atoms with Gasteiger partial charge in [0.15, 0.2) is 0 Å². The van der Waals surface area contributed by atoms with Gasteiger partial charge in [0.1, 0.15) is 9.84 Å². The third-order valence-electron chi connectivity index (χ3n) is 4.96. The first kappa shape index (κ1) is 17.2. The highest BCUT2D eigenvalue weighted by atomic mass is 32.2. The molecular weight excluding hydrogens is 312 g/mol. The minimum Gasteiger partial charge on any atom is -0.329 e. The zero-order valence-electron chi connectivity index (χ0n) is 12.6. The maximum Gasteiger partial charge on any atom is 0.217 e. The molecule has 124 valence electrons. The molecule has 1 saturated carbocycles. The van der Waals surface area contributed by atoms with Crippen LogP contribution in [0.3, 0.4) is 0 Å². The lowest BCUT2D eigenvalue weighted by molar-refractivity contribution is 0.202. The lowest BCUT2D eigenvalue weighted by Gasteiger charge is -2.41. The number of nitrogens with zero attached hydrogens (tertiary/aromatic N) is 1. The Morgan fingerprint density at radius 2 is 1.71 bits per heavy atom. The molecule has 2 rings (SSSR count). The summed E-state index contributed by atoms with van der Waals surface area (Å²) in [7, 11) is -6.55. The summed E-state index contributed by atoms with van der Waals surface area (Å²) in [4.78, 5) is 0. The molecule has 0 aromatic rings. The Morgan fingerprint density at radius 1 is 1.19 bits per heavy atom. The Balaban J connectivity index is 2.24. The van der Waals surface area contributed by atoms with Crippen molar-refractivity contribution in [3.05, 3.63) is 0 Å². The first-order valence-electron chi connectivity index (χ1n) is 7.69.